The van der Waals surface area contributed by atoms with Crippen LogP contribution in [0.5, 0.6) is 0 Å². The zero-order valence-electron chi connectivity index (χ0n) is 12.3. The van der Waals surface area contributed by atoms with E-state index in [4.69, 9.17) is 0 Å². The molecule has 0 aromatic carbocycles. The van der Waals surface area contributed by atoms with Crippen molar-refractivity contribution >= 4 is 21.4 Å². The Kier molecular flexibility index (Phi) is 3.62. The Bertz CT molecular complexity index is 776. The molecule has 0 bridgehead atoms. The number of nitrogens with one attached hydrogen (secondary N) is 1. The fourth-order valence-corrected chi connectivity index (χ4v) is 5.48. The van der Waals surface area contributed by atoms with Gasteiger partial charge >= 0.3 is 0 Å². The molecule has 2 aromatic heterocycles. The topological polar surface area (TPSA) is 76.9 Å². The van der Waals surface area contributed by atoms with Gasteiger partial charge in [-0.1, -0.05) is 0 Å². The highest BCUT2D eigenvalue weighted by molar-refractivity contribution is 7.91. The molecule has 2 aromatic rings. The van der Waals surface area contributed by atoms with E-state index in [1.54, 1.807) is 6.92 Å². The van der Waals surface area contributed by atoms with E-state index in [1.165, 1.54) is 11.3 Å². The standard InChI is InChI=1S/C13H18N4O2S2/c1-8-6-17-7-11(4-5-12(17)14-8)16-21(18,19)13-9(2)15-10(3)20-13/h6,11,16H,4-5,7H2,1-3H3/t11-/m0/s1. The van der Waals surface area contributed by atoms with Gasteiger partial charge in [-0.3, -0.25) is 0 Å². The van der Waals surface area contributed by atoms with Crippen LogP contribution in [0, 0.1) is 20.8 Å². The Labute approximate surface area is 128 Å². The number of imidazole rings is 1. The Morgan fingerprint density at radius 3 is 2.76 bits per heavy atom. The lowest BCUT2D eigenvalue weighted by atomic mass is 10.1. The summed E-state index contributed by atoms with van der Waals surface area (Å²) < 4.78 is 30.1. The van der Waals surface area contributed by atoms with E-state index in [1.807, 2.05) is 24.6 Å². The minimum atomic E-state index is -3.49. The number of aryl methyl sites for hydroxylation is 4. The smallest absolute Gasteiger partial charge is 0.252 e. The minimum absolute atomic E-state index is 0.0992. The predicted molar refractivity (Wildman–Crippen MR) is 81.0 cm³/mol. The summed E-state index contributed by atoms with van der Waals surface area (Å²) in [7, 11) is -3.49. The molecule has 3 heterocycles. The van der Waals surface area contributed by atoms with E-state index in [2.05, 4.69) is 14.7 Å². The van der Waals surface area contributed by atoms with Gasteiger partial charge in [-0.15, -0.1) is 11.3 Å². The molecule has 0 unspecified atom stereocenters. The first-order valence-corrected chi connectivity index (χ1v) is 9.14. The summed E-state index contributed by atoms with van der Waals surface area (Å²) in [6.45, 7) is 6.13. The van der Waals surface area contributed by atoms with Crippen LogP contribution in [0.15, 0.2) is 10.4 Å². The largest absolute Gasteiger partial charge is 0.333 e. The lowest BCUT2D eigenvalue weighted by Gasteiger charge is -2.24. The van der Waals surface area contributed by atoms with Crippen LogP contribution in [0.4, 0.5) is 0 Å². The molecule has 3 rings (SSSR count). The predicted octanol–water partition coefficient (Wildman–Crippen LogP) is 1.56. The van der Waals surface area contributed by atoms with Crippen molar-refractivity contribution in [3.05, 3.63) is 28.4 Å². The molecule has 0 spiro atoms. The quantitative estimate of drug-likeness (QED) is 0.928. The summed E-state index contributed by atoms with van der Waals surface area (Å²) in [4.78, 5) is 8.63. The second kappa shape index (κ2) is 5.19. The molecule has 0 radical (unpaired) electrons. The third-order valence-corrected chi connectivity index (χ3v) is 6.74. The van der Waals surface area contributed by atoms with Crippen molar-refractivity contribution < 1.29 is 8.42 Å². The number of rotatable bonds is 3. The Balaban J connectivity index is 1.79. The number of fused-ring (bicyclic) bond motifs is 1. The molecule has 0 fully saturated rings. The van der Waals surface area contributed by atoms with Crippen molar-refractivity contribution in [3.63, 3.8) is 0 Å². The average Bonchev–Trinajstić information content (AvgIpc) is 2.90. The number of nitrogens with zero attached hydrogens (tertiary/aromatic N) is 3. The average molecular weight is 326 g/mol. The normalized spacial score (nSPS) is 18.7. The van der Waals surface area contributed by atoms with Crippen molar-refractivity contribution in [2.75, 3.05) is 0 Å². The number of hydrogen-bond donors (Lipinski definition) is 1. The lowest BCUT2D eigenvalue weighted by molar-refractivity contribution is 0.421. The highest BCUT2D eigenvalue weighted by atomic mass is 32.2. The molecule has 114 valence electrons. The molecule has 6 nitrogen and oxygen atoms in total. The van der Waals surface area contributed by atoms with Gasteiger partial charge < -0.3 is 4.57 Å². The second-order valence-corrected chi connectivity index (χ2v) is 8.53. The van der Waals surface area contributed by atoms with Gasteiger partial charge in [0, 0.05) is 25.2 Å². The fourth-order valence-electron chi connectivity index (χ4n) is 2.72. The number of aromatic nitrogens is 3. The maximum atomic E-state index is 12.5. The van der Waals surface area contributed by atoms with Crippen molar-refractivity contribution in [1.82, 2.24) is 19.3 Å². The molecule has 8 heteroatoms. The molecular weight excluding hydrogens is 308 g/mol. The van der Waals surface area contributed by atoms with Gasteiger partial charge in [0.1, 0.15) is 5.82 Å². The van der Waals surface area contributed by atoms with Crippen LogP contribution in [0.25, 0.3) is 0 Å². The first kappa shape index (κ1) is 14.7. The van der Waals surface area contributed by atoms with Gasteiger partial charge in [0.05, 0.1) is 16.4 Å². The van der Waals surface area contributed by atoms with Gasteiger partial charge in [0.25, 0.3) is 10.0 Å². The maximum Gasteiger partial charge on any atom is 0.252 e. The van der Waals surface area contributed by atoms with E-state index < -0.39 is 10.0 Å². The van der Waals surface area contributed by atoms with E-state index >= 15 is 0 Å². The zero-order valence-corrected chi connectivity index (χ0v) is 13.9. The van der Waals surface area contributed by atoms with Crippen LogP contribution in [0.1, 0.15) is 28.6 Å². The molecule has 21 heavy (non-hydrogen) atoms. The molecule has 0 saturated carbocycles. The number of sulfonamides is 1. The molecule has 1 aliphatic heterocycles. The summed E-state index contributed by atoms with van der Waals surface area (Å²) >= 11 is 1.22. The zero-order chi connectivity index (χ0) is 15.2. The van der Waals surface area contributed by atoms with Crippen LogP contribution in [0.2, 0.25) is 0 Å². The van der Waals surface area contributed by atoms with Crippen LogP contribution in [-0.4, -0.2) is 29.0 Å². The third-order valence-electron chi connectivity index (χ3n) is 3.54. The maximum absolute atomic E-state index is 12.5. The van der Waals surface area contributed by atoms with Crippen molar-refractivity contribution in [3.8, 4) is 0 Å². The summed E-state index contributed by atoms with van der Waals surface area (Å²) in [5.41, 5.74) is 1.54. The molecular formula is C13H18N4O2S2. The lowest BCUT2D eigenvalue weighted by Crippen LogP contribution is -2.40. The van der Waals surface area contributed by atoms with Gasteiger partial charge in [-0.2, -0.15) is 0 Å². The Hall–Kier alpha value is -1.25. The Morgan fingerprint density at radius 2 is 2.10 bits per heavy atom. The highest BCUT2D eigenvalue weighted by Crippen LogP contribution is 2.24. The Morgan fingerprint density at radius 1 is 1.33 bits per heavy atom. The van der Waals surface area contributed by atoms with Gasteiger partial charge in [0.2, 0.25) is 0 Å². The van der Waals surface area contributed by atoms with Crippen LogP contribution in [0.3, 0.4) is 0 Å². The molecule has 0 aliphatic carbocycles. The molecule has 1 atom stereocenters. The van der Waals surface area contributed by atoms with Crippen molar-refractivity contribution in [2.45, 2.75) is 50.4 Å². The first-order chi connectivity index (χ1) is 9.85. The van der Waals surface area contributed by atoms with Gasteiger partial charge in [-0.25, -0.2) is 23.1 Å². The minimum Gasteiger partial charge on any atom is -0.333 e. The summed E-state index contributed by atoms with van der Waals surface area (Å²) in [5, 5.41) is 0.768. The van der Waals surface area contributed by atoms with E-state index in [9.17, 15) is 8.42 Å². The van der Waals surface area contributed by atoms with E-state index in [-0.39, 0.29) is 6.04 Å². The molecule has 1 N–H and O–H groups in total. The highest BCUT2D eigenvalue weighted by Gasteiger charge is 2.27. The van der Waals surface area contributed by atoms with E-state index in [0.717, 1.165) is 29.4 Å². The summed E-state index contributed by atoms with van der Waals surface area (Å²) in [6, 6.07) is -0.0992. The fraction of sp³-hybridized carbons (Fsp3) is 0.538. The van der Waals surface area contributed by atoms with Crippen LogP contribution >= 0.6 is 11.3 Å². The second-order valence-electron chi connectivity index (χ2n) is 5.41. The van der Waals surface area contributed by atoms with Crippen molar-refractivity contribution in [2.24, 2.45) is 0 Å². The number of thiazole rings is 1. The molecule has 0 amide bonds. The SMILES string of the molecule is Cc1cn2c(n1)CC[C@H](NS(=O)(=O)c1sc(C)nc1C)C2. The first-order valence-electron chi connectivity index (χ1n) is 6.84. The van der Waals surface area contributed by atoms with Crippen molar-refractivity contribution in [1.29, 1.82) is 0 Å². The van der Waals surface area contributed by atoms with Gasteiger partial charge in [-0.05, 0) is 27.2 Å². The molecule has 1 aliphatic rings. The summed E-state index contributed by atoms with van der Waals surface area (Å²) in [5.74, 6) is 1.03. The van der Waals surface area contributed by atoms with E-state index in [0.29, 0.717) is 16.4 Å². The number of hydrogen-bond acceptors (Lipinski definition) is 5. The summed E-state index contributed by atoms with van der Waals surface area (Å²) in [6.07, 6.45) is 3.53. The van der Waals surface area contributed by atoms with Crippen LogP contribution in [-0.2, 0) is 23.0 Å². The third kappa shape index (κ3) is 2.88. The monoisotopic (exact) mass is 326 g/mol. The molecule has 0 saturated heterocycles. The van der Waals surface area contributed by atoms with Crippen LogP contribution < -0.4 is 4.72 Å². The van der Waals surface area contributed by atoms with Gasteiger partial charge in [0.15, 0.2) is 4.21 Å².